The summed E-state index contributed by atoms with van der Waals surface area (Å²) in [6, 6.07) is 21.0. The maximum Gasteiger partial charge on any atom is 0.195 e. The minimum atomic E-state index is -0.429. The average molecular weight is 387 g/mol. The molecule has 0 saturated carbocycles. The molecule has 2 aromatic rings. The topological polar surface area (TPSA) is 24.1 Å². The zero-order valence-corrected chi connectivity index (χ0v) is 15.1. The molecule has 3 rings (SSSR count). The number of hydrogen-bond donors (Lipinski definition) is 2. The highest BCUT2D eigenvalue weighted by atomic mass is 79.9. The quantitative estimate of drug-likeness (QED) is 0.434. The Balaban J connectivity index is 1.96. The number of rotatable bonds is 5. The lowest BCUT2D eigenvalue weighted by molar-refractivity contribution is 0.513. The zero-order valence-electron chi connectivity index (χ0n) is 12.7. The Morgan fingerprint density at radius 1 is 1.09 bits per heavy atom. The number of hydrogen-bond acceptors (Lipinski definition) is 3. The van der Waals surface area contributed by atoms with Gasteiger partial charge in [0.1, 0.15) is 0 Å². The minimum absolute atomic E-state index is 0.129. The summed E-state index contributed by atoms with van der Waals surface area (Å²) in [4.78, 5) is 0. The molecular weight excluding hydrogens is 368 g/mol. The second-order valence-corrected chi connectivity index (χ2v) is 8.25. The van der Waals surface area contributed by atoms with Crippen LogP contribution in [0.4, 0.5) is 0 Å². The molecule has 2 atom stereocenters. The molecule has 2 nitrogen and oxygen atoms in total. The first-order chi connectivity index (χ1) is 11.2. The summed E-state index contributed by atoms with van der Waals surface area (Å²) in [6.07, 6.45) is 4.15. The molecular formula is C19H19BrN2S. The van der Waals surface area contributed by atoms with Crippen molar-refractivity contribution in [3.05, 3.63) is 90.5 Å². The third-order valence-corrected chi connectivity index (χ3v) is 5.75. The highest BCUT2D eigenvalue weighted by Gasteiger charge is 2.34. The first kappa shape index (κ1) is 16.4. The first-order valence-corrected chi connectivity index (χ1v) is 9.30. The summed E-state index contributed by atoms with van der Waals surface area (Å²) in [5, 5.41) is 7.19. The van der Waals surface area contributed by atoms with Crippen molar-refractivity contribution < 1.29 is 0 Å². The molecule has 0 saturated heterocycles. The van der Waals surface area contributed by atoms with Gasteiger partial charge in [0.15, 0.2) is 3.90 Å². The molecule has 1 aliphatic rings. The Kier molecular flexibility index (Phi) is 5.26. The van der Waals surface area contributed by atoms with E-state index in [1.54, 1.807) is 11.8 Å². The van der Waals surface area contributed by atoms with E-state index in [0.29, 0.717) is 0 Å². The number of benzene rings is 2. The lowest BCUT2D eigenvalue weighted by Gasteiger charge is -2.39. The number of thioether (sulfide) groups is 1. The van der Waals surface area contributed by atoms with Crippen molar-refractivity contribution >= 4 is 33.4 Å². The minimum Gasteiger partial charge on any atom is -0.349 e. The van der Waals surface area contributed by atoms with Gasteiger partial charge in [-0.05, 0) is 33.1 Å². The lowest BCUT2D eigenvalue weighted by Crippen LogP contribution is -2.52. The Bertz CT molecular complexity index is 687. The highest BCUT2D eigenvalue weighted by molar-refractivity contribution is 9.11. The molecule has 0 amide bonds. The summed E-state index contributed by atoms with van der Waals surface area (Å²) in [5.41, 5.74) is 3.54. The predicted molar refractivity (Wildman–Crippen MR) is 104 cm³/mol. The first-order valence-electron chi connectivity index (χ1n) is 7.52. The van der Waals surface area contributed by atoms with Crippen molar-refractivity contribution in [1.29, 1.82) is 0 Å². The molecule has 0 bridgehead atoms. The predicted octanol–water partition coefficient (Wildman–Crippen LogP) is 4.89. The molecule has 0 aliphatic carbocycles. The van der Waals surface area contributed by atoms with Crippen molar-refractivity contribution in [1.82, 2.24) is 10.6 Å². The van der Waals surface area contributed by atoms with Crippen molar-refractivity contribution in [3.63, 3.8) is 0 Å². The average Bonchev–Trinajstić information content (AvgIpc) is 2.61. The van der Waals surface area contributed by atoms with E-state index >= 15 is 0 Å². The van der Waals surface area contributed by atoms with E-state index in [2.05, 4.69) is 87.7 Å². The van der Waals surface area contributed by atoms with Gasteiger partial charge >= 0.3 is 0 Å². The summed E-state index contributed by atoms with van der Waals surface area (Å²) < 4.78 is -0.429. The fourth-order valence-corrected chi connectivity index (χ4v) is 4.13. The van der Waals surface area contributed by atoms with Crippen LogP contribution in [0.2, 0.25) is 0 Å². The van der Waals surface area contributed by atoms with Gasteiger partial charge in [0.25, 0.3) is 0 Å². The second kappa shape index (κ2) is 7.39. The maximum atomic E-state index is 3.82. The van der Waals surface area contributed by atoms with E-state index in [1.807, 2.05) is 18.2 Å². The van der Waals surface area contributed by atoms with E-state index in [1.165, 1.54) is 11.1 Å². The van der Waals surface area contributed by atoms with Gasteiger partial charge in [-0.2, -0.15) is 0 Å². The van der Waals surface area contributed by atoms with Crippen molar-refractivity contribution in [2.24, 2.45) is 0 Å². The molecule has 0 aromatic heterocycles. The van der Waals surface area contributed by atoms with Crippen LogP contribution in [0.15, 0.2) is 79.4 Å². The Morgan fingerprint density at radius 3 is 2.39 bits per heavy atom. The fourth-order valence-electron chi connectivity index (χ4n) is 2.54. The van der Waals surface area contributed by atoms with E-state index in [9.17, 15) is 0 Å². The lowest BCUT2D eigenvalue weighted by atomic mass is 10.0. The monoisotopic (exact) mass is 386 g/mol. The molecule has 118 valence electrons. The van der Waals surface area contributed by atoms with Crippen LogP contribution < -0.4 is 10.6 Å². The highest BCUT2D eigenvalue weighted by Crippen LogP contribution is 2.37. The van der Waals surface area contributed by atoms with Crippen LogP contribution in [0.3, 0.4) is 0 Å². The van der Waals surface area contributed by atoms with Gasteiger partial charge in [0.2, 0.25) is 0 Å². The van der Waals surface area contributed by atoms with Crippen LogP contribution in [0.1, 0.15) is 17.2 Å². The molecule has 0 radical (unpaired) electrons. The fraction of sp³-hybridized carbons (Fsp3) is 0.158. The molecule has 4 heteroatoms. The van der Waals surface area contributed by atoms with Crippen LogP contribution in [-0.2, 0) is 0 Å². The summed E-state index contributed by atoms with van der Waals surface area (Å²) >= 11 is 5.56. The van der Waals surface area contributed by atoms with Gasteiger partial charge in [-0.15, -0.1) is 18.3 Å². The number of alkyl halides is 1. The molecule has 0 spiro atoms. The number of nitrogens with one attached hydrogen (secondary N) is 2. The Labute approximate surface area is 150 Å². The molecule has 1 aliphatic heterocycles. The van der Waals surface area contributed by atoms with Crippen molar-refractivity contribution in [2.45, 2.75) is 9.95 Å². The summed E-state index contributed by atoms with van der Waals surface area (Å²) in [7, 11) is 0. The maximum absolute atomic E-state index is 3.82. The van der Waals surface area contributed by atoms with Crippen LogP contribution >= 0.6 is 27.7 Å². The van der Waals surface area contributed by atoms with E-state index in [-0.39, 0.29) is 6.04 Å². The summed E-state index contributed by atoms with van der Waals surface area (Å²) in [5.74, 6) is 0.842. The molecule has 0 fully saturated rings. The zero-order chi connectivity index (χ0) is 16.1. The van der Waals surface area contributed by atoms with E-state index in [4.69, 9.17) is 0 Å². The second-order valence-electron chi connectivity index (χ2n) is 5.30. The van der Waals surface area contributed by atoms with Crippen LogP contribution in [-0.4, -0.2) is 9.66 Å². The standard InChI is InChI=1S/C19H19BrN2S/c1-2-13-23-19(20)21-17(15-9-5-3-6-10-15)14-18(22-19)16-11-7-4-8-12-16/h2-12,14,17,21-22H,1,13H2/t17-,19-/m1/s1. The largest absolute Gasteiger partial charge is 0.349 e. The normalized spacial score (nSPS) is 23.7. The van der Waals surface area contributed by atoms with Crippen LogP contribution in [0.5, 0.6) is 0 Å². The molecule has 2 N–H and O–H groups in total. The van der Waals surface area contributed by atoms with Gasteiger partial charge in [-0.3, -0.25) is 5.32 Å². The summed E-state index contributed by atoms with van der Waals surface area (Å²) in [6.45, 7) is 3.82. The smallest absolute Gasteiger partial charge is 0.195 e. The molecule has 0 unspecified atom stereocenters. The van der Waals surface area contributed by atoms with Gasteiger partial charge in [-0.25, -0.2) is 0 Å². The van der Waals surface area contributed by atoms with E-state index < -0.39 is 3.90 Å². The molecule has 23 heavy (non-hydrogen) atoms. The van der Waals surface area contributed by atoms with Crippen LogP contribution in [0, 0.1) is 0 Å². The Hall–Kier alpha value is -1.49. The van der Waals surface area contributed by atoms with Crippen molar-refractivity contribution in [3.8, 4) is 0 Å². The number of halogens is 1. The van der Waals surface area contributed by atoms with E-state index in [0.717, 1.165) is 11.4 Å². The van der Waals surface area contributed by atoms with Gasteiger partial charge in [0.05, 0.1) is 6.04 Å². The van der Waals surface area contributed by atoms with Gasteiger partial charge in [0, 0.05) is 11.4 Å². The van der Waals surface area contributed by atoms with Crippen LogP contribution in [0.25, 0.3) is 5.70 Å². The van der Waals surface area contributed by atoms with Gasteiger partial charge in [-0.1, -0.05) is 66.7 Å². The van der Waals surface area contributed by atoms with Gasteiger partial charge < -0.3 is 5.32 Å². The molecule has 1 heterocycles. The SMILES string of the molecule is C=CCS[C@@]1(Br)NC(c2ccccc2)=C[C@H](c2ccccc2)N1. The third kappa shape index (κ3) is 4.08. The Morgan fingerprint density at radius 2 is 1.74 bits per heavy atom. The molecule has 2 aromatic carbocycles. The van der Waals surface area contributed by atoms with Crippen molar-refractivity contribution in [2.75, 3.05) is 5.75 Å². The third-order valence-electron chi connectivity index (χ3n) is 3.61.